The predicted octanol–water partition coefficient (Wildman–Crippen LogP) is 3.71. The number of carbonyl (C=O) groups excluding carboxylic acids is 1. The number of carbonyl (C=O) groups is 1. The van der Waals surface area contributed by atoms with Gasteiger partial charge in [-0.25, -0.2) is 4.39 Å². The van der Waals surface area contributed by atoms with Crippen molar-refractivity contribution in [2.45, 2.75) is 32.9 Å². The maximum absolute atomic E-state index is 13.1. The van der Waals surface area contributed by atoms with Gasteiger partial charge in [-0.15, -0.1) is 0 Å². The number of likely N-dealkylation sites (tertiary alicyclic amines) is 1. The van der Waals surface area contributed by atoms with E-state index in [2.05, 4.69) is 20.4 Å². The standard InChI is InChI=1S/C23H25FN4O2/c1-16-4-2-5-18(12-16)22-26-21(30-27-22)13-25-23(29)19-6-3-11-28(15-19)14-17-7-9-20(24)10-8-17/h2,4-5,7-10,12,19H,3,6,11,13-15H2,1H3,(H,25,29)/t19-/m0/s1. The third kappa shape index (κ3) is 5.10. The summed E-state index contributed by atoms with van der Waals surface area (Å²) in [5.74, 6) is 0.582. The summed E-state index contributed by atoms with van der Waals surface area (Å²) in [6.45, 7) is 4.56. The first kappa shape index (κ1) is 20.2. The van der Waals surface area contributed by atoms with Crippen LogP contribution < -0.4 is 5.32 Å². The molecule has 1 aliphatic rings. The molecule has 2 heterocycles. The van der Waals surface area contributed by atoms with Gasteiger partial charge in [-0.1, -0.05) is 41.1 Å². The summed E-state index contributed by atoms with van der Waals surface area (Å²) in [6, 6.07) is 14.4. The van der Waals surface area contributed by atoms with Crippen molar-refractivity contribution in [3.8, 4) is 11.4 Å². The summed E-state index contributed by atoms with van der Waals surface area (Å²) in [5, 5.41) is 6.94. The molecule has 1 fully saturated rings. The van der Waals surface area contributed by atoms with E-state index in [0.717, 1.165) is 36.1 Å². The Balaban J connectivity index is 1.30. The van der Waals surface area contributed by atoms with E-state index in [9.17, 15) is 9.18 Å². The topological polar surface area (TPSA) is 71.3 Å². The maximum Gasteiger partial charge on any atom is 0.246 e. The van der Waals surface area contributed by atoms with Crippen molar-refractivity contribution >= 4 is 5.91 Å². The van der Waals surface area contributed by atoms with Crippen molar-refractivity contribution in [2.75, 3.05) is 13.1 Å². The van der Waals surface area contributed by atoms with Gasteiger partial charge in [0, 0.05) is 18.7 Å². The summed E-state index contributed by atoms with van der Waals surface area (Å²) in [5.41, 5.74) is 3.06. The first-order chi connectivity index (χ1) is 14.6. The van der Waals surface area contributed by atoms with Crippen molar-refractivity contribution in [3.05, 3.63) is 71.4 Å². The fourth-order valence-electron chi connectivity index (χ4n) is 3.80. The molecule has 0 spiro atoms. The molecule has 1 aliphatic heterocycles. The number of benzene rings is 2. The van der Waals surface area contributed by atoms with Crippen LogP contribution >= 0.6 is 0 Å². The Morgan fingerprint density at radius 1 is 1.27 bits per heavy atom. The normalized spacial score (nSPS) is 17.1. The van der Waals surface area contributed by atoms with Crippen molar-refractivity contribution in [1.82, 2.24) is 20.4 Å². The minimum absolute atomic E-state index is 0.00545. The van der Waals surface area contributed by atoms with Crippen LogP contribution in [0.15, 0.2) is 53.1 Å². The molecule has 156 valence electrons. The second-order valence-corrected chi connectivity index (χ2v) is 7.80. The number of piperidine rings is 1. The van der Waals surface area contributed by atoms with Gasteiger partial charge in [0.2, 0.25) is 17.6 Å². The van der Waals surface area contributed by atoms with E-state index < -0.39 is 0 Å². The van der Waals surface area contributed by atoms with Gasteiger partial charge in [0.05, 0.1) is 12.5 Å². The smallest absolute Gasteiger partial charge is 0.246 e. The van der Waals surface area contributed by atoms with Crippen molar-refractivity contribution < 1.29 is 13.7 Å². The molecule has 2 aromatic carbocycles. The van der Waals surface area contributed by atoms with Gasteiger partial charge >= 0.3 is 0 Å². The van der Waals surface area contributed by atoms with Crippen molar-refractivity contribution in [3.63, 3.8) is 0 Å². The number of amides is 1. The van der Waals surface area contributed by atoms with Crippen molar-refractivity contribution in [1.29, 1.82) is 0 Å². The van der Waals surface area contributed by atoms with Crippen LogP contribution in [-0.4, -0.2) is 34.0 Å². The van der Waals surface area contributed by atoms with Crippen LogP contribution in [0.1, 0.15) is 29.9 Å². The number of hydrogen-bond donors (Lipinski definition) is 1. The van der Waals surface area contributed by atoms with Gasteiger partial charge in [-0.2, -0.15) is 4.98 Å². The lowest BCUT2D eigenvalue weighted by Gasteiger charge is -2.31. The number of aromatic nitrogens is 2. The van der Waals surface area contributed by atoms with Crippen LogP contribution in [0.5, 0.6) is 0 Å². The molecule has 0 unspecified atom stereocenters. The molecule has 0 radical (unpaired) electrons. The maximum atomic E-state index is 13.1. The Hall–Kier alpha value is -3.06. The minimum atomic E-state index is -0.235. The highest BCUT2D eigenvalue weighted by Crippen LogP contribution is 2.20. The Morgan fingerprint density at radius 3 is 2.90 bits per heavy atom. The minimum Gasteiger partial charge on any atom is -0.347 e. The summed E-state index contributed by atoms with van der Waals surface area (Å²) >= 11 is 0. The second-order valence-electron chi connectivity index (χ2n) is 7.80. The lowest BCUT2D eigenvalue weighted by molar-refractivity contribution is -0.127. The number of aryl methyl sites for hydroxylation is 1. The molecule has 6 nitrogen and oxygen atoms in total. The zero-order valence-corrected chi connectivity index (χ0v) is 17.0. The highest BCUT2D eigenvalue weighted by molar-refractivity contribution is 5.78. The molecule has 0 aliphatic carbocycles. The average Bonchev–Trinajstić information content (AvgIpc) is 3.23. The molecule has 1 N–H and O–H groups in total. The summed E-state index contributed by atoms with van der Waals surface area (Å²) in [4.78, 5) is 19.3. The molecular formula is C23H25FN4O2. The van der Waals surface area contributed by atoms with Crippen LogP contribution in [0.3, 0.4) is 0 Å². The SMILES string of the molecule is Cc1cccc(-c2noc(CNC(=O)[C@H]3CCCN(Cc4ccc(F)cc4)C3)n2)c1. The van der Waals surface area contributed by atoms with E-state index in [0.29, 0.717) is 24.8 Å². The summed E-state index contributed by atoms with van der Waals surface area (Å²) in [7, 11) is 0. The summed E-state index contributed by atoms with van der Waals surface area (Å²) in [6.07, 6.45) is 1.81. The quantitative estimate of drug-likeness (QED) is 0.673. The van der Waals surface area contributed by atoms with Crippen LogP contribution in [0.4, 0.5) is 4.39 Å². The molecule has 3 aromatic rings. The Morgan fingerprint density at radius 2 is 2.10 bits per heavy atom. The Bertz CT molecular complexity index is 1000. The van der Waals surface area contributed by atoms with Gasteiger partial charge < -0.3 is 9.84 Å². The zero-order chi connectivity index (χ0) is 20.9. The first-order valence-electron chi connectivity index (χ1n) is 10.2. The summed E-state index contributed by atoms with van der Waals surface area (Å²) < 4.78 is 18.4. The number of rotatable bonds is 6. The number of hydrogen-bond acceptors (Lipinski definition) is 5. The molecule has 1 saturated heterocycles. The van der Waals surface area contributed by atoms with Crippen LogP contribution in [0.25, 0.3) is 11.4 Å². The van der Waals surface area contributed by atoms with Gasteiger partial charge in [-0.05, 0) is 50.1 Å². The van der Waals surface area contributed by atoms with Crippen LogP contribution in [0.2, 0.25) is 0 Å². The lowest BCUT2D eigenvalue weighted by Crippen LogP contribution is -2.42. The molecular weight excluding hydrogens is 383 g/mol. The molecule has 4 rings (SSSR count). The molecule has 30 heavy (non-hydrogen) atoms. The highest BCUT2D eigenvalue weighted by Gasteiger charge is 2.26. The van der Waals surface area contributed by atoms with E-state index in [1.165, 1.54) is 12.1 Å². The fraction of sp³-hybridized carbons (Fsp3) is 0.348. The van der Waals surface area contributed by atoms with Crippen LogP contribution in [0, 0.1) is 18.7 Å². The van der Waals surface area contributed by atoms with Gasteiger partial charge in [0.15, 0.2) is 0 Å². The number of halogens is 1. The Kier molecular flexibility index (Phi) is 6.18. The molecule has 1 amide bonds. The predicted molar refractivity (Wildman–Crippen MR) is 111 cm³/mol. The Labute approximate surface area is 175 Å². The highest BCUT2D eigenvalue weighted by atomic mass is 19.1. The van der Waals surface area contributed by atoms with Crippen LogP contribution in [-0.2, 0) is 17.9 Å². The monoisotopic (exact) mass is 408 g/mol. The van der Waals surface area contributed by atoms with Gasteiger partial charge in [0.25, 0.3) is 0 Å². The zero-order valence-electron chi connectivity index (χ0n) is 17.0. The second kappa shape index (κ2) is 9.17. The molecule has 7 heteroatoms. The largest absolute Gasteiger partial charge is 0.347 e. The third-order valence-corrected chi connectivity index (χ3v) is 5.35. The molecule has 1 atom stereocenters. The third-order valence-electron chi connectivity index (χ3n) is 5.35. The lowest BCUT2D eigenvalue weighted by atomic mass is 9.96. The first-order valence-corrected chi connectivity index (χ1v) is 10.2. The molecule has 0 bridgehead atoms. The fourth-order valence-corrected chi connectivity index (χ4v) is 3.80. The van der Waals surface area contributed by atoms with E-state index in [1.807, 2.05) is 31.2 Å². The van der Waals surface area contributed by atoms with E-state index >= 15 is 0 Å². The average molecular weight is 408 g/mol. The van der Waals surface area contributed by atoms with E-state index in [-0.39, 0.29) is 24.2 Å². The van der Waals surface area contributed by atoms with Gasteiger partial charge in [-0.3, -0.25) is 9.69 Å². The van der Waals surface area contributed by atoms with Gasteiger partial charge in [0.1, 0.15) is 5.82 Å². The van der Waals surface area contributed by atoms with E-state index in [1.54, 1.807) is 12.1 Å². The molecule has 1 aromatic heterocycles. The van der Waals surface area contributed by atoms with E-state index in [4.69, 9.17) is 4.52 Å². The number of nitrogens with zero attached hydrogens (tertiary/aromatic N) is 3. The van der Waals surface area contributed by atoms with Crippen molar-refractivity contribution in [2.24, 2.45) is 5.92 Å². The molecule has 0 saturated carbocycles. The number of nitrogens with one attached hydrogen (secondary N) is 1.